The Kier molecular flexibility index (Phi) is 6.53. The average molecular weight is 397 g/mol. The minimum Gasteiger partial charge on any atom is -0.452 e. The van der Waals surface area contributed by atoms with Crippen molar-refractivity contribution < 1.29 is 32.4 Å². The number of anilines is 2. The molecule has 0 aliphatic carbocycles. The molecule has 2 aromatic carbocycles. The number of carbonyl (C=O) groups is 2. The molecule has 0 bridgehead atoms. The molecule has 0 fully saturated rings. The standard InChI is InChI=1S/C17H14F3N3O5/c18-17(19,20)10-21-15(24)9-28-16(25)11-6-7-13(14(8-11)23(26)27)22-12-4-2-1-3-5-12/h1-8,22H,9-10H2,(H,21,24). The van der Waals surface area contributed by atoms with Gasteiger partial charge >= 0.3 is 12.1 Å². The molecular weight excluding hydrogens is 383 g/mol. The van der Waals surface area contributed by atoms with E-state index in [-0.39, 0.29) is 11.3 Å². The quantitative estimate of drug-likeness (QED) is 0.422. The van der Waals surface area contributed by atoms with Gasteiger partial charge in [0.15, 0.2) is 6.61 Å². The summed E-state index contributed by atoms with van der Waals surface area (Å²) in [7, 11) is 0. The number of hydrogen-bond donors (Lipinski definition) is 2. The SMILES string of the molecule is O=C(COC(=O)c1ccc(Nc2ccccc2)c([N+](=O)[O-])c1)NCC(F)(F)F. The van der Waals surface area contributed by atoms with Crippen molar-refractivity contribution in [1.82, 2.24) is 5.32 Å². The summed E-state index contributed by atoms with van der Waals surface area (Å²) in [5.41, 5.74) is 0.0618. The molecule has 28 heavy (non-hydrogen) atoms. The van der Waals surface area contributed by atoms with E-state index in [0.717, 1.165) is 6.07 Å². The summed E-state index contributed by atoms with van der Waals surface area (Å²) in [6.07, 6.45) is -4.60. The van der Waals surface area contributed by atoms with Crippen LogP contribution in [0.15, 0.2) is 48.5 Å². The zero-order valence-corrected chi connectivity index (χ0v) is 14.2. The number of benzene rings is 2. The Balaban J connectivity index is 2.05. The van der Waals surface area contributed by atoms with Crippen LogP contribution in [0, 0.1) is 10.1 Å². The van der Waals surface area contributed by atoms with Crippen LogP contribution >= 0.6 is 0 Å². The third-order valence-electron chi connectivity index (χ3n) is 3.30. The first-order valence-corrected chi connectivity index (χ1v) is 7.77. The van der Waals surface area contributed by atoms with E-state index in [9.17, 15) is 32.9 Å². The number of amides is 1. The van der Waals surface area contributed by atoms with Crippen LogP contribution < -0.4 is 10.6 Å². The number of alkyl halides is 3. The number of nitrogens with one attached hydrogen (secondary N) is 2. The number of ether oxygens (including phenoxy) is 1. The molecule has 0 unspecified atom stereocenters. The molecule has 0 aliphatic rings. The summed E-state index contributed by atoms with van der Waals surface area (Å²) in [6, 6.07) is 12.1. The molecule has 8 nitrogen and oxygen atoms in total. The van der Waals surface area contributed by atoms with Crippen LogP contribution in [0.4, 0.5) is 30.2 Å². The van der Waals surface area contributed by atoms with Gasteiger partial charge in [0, 0.05) is 11.8 Å². The molecule has 0 spiro atoms. The van der Waals surface area contributed by atoms with Crippen LogP contribution in [-0.4, -0.2) is 36.1 Å². The van der Waals surface area contributed by atoms with Crippen molar-refractivity contribution in [2.75, 3.05) is 18.5 Å². The fraction of sp³-hybridized carbons (Fsp3) is 0.176. The lowest BCUT2D eigenvalue weighted by Crippen LogP contribution is -2.36. The molecule has 1 amide bonds. The maximum Gasteiger partial charge on any atom is 0.405 e. The zero-order valence-electron chi connectivity index (χ0n) is 14.2. The van der Waals surface area contributed by atoms with E-state index in [2.05, 4.69) is 10.1 Å². The summed E-state index contributed by atoms with van der Waals surface area (Å²) in [6.45, 7) is -2.51. The monoisotopic (exact) mass is 397 g/mol. The molecule has 2 aromatic rings. The highest BCUT2D eigenvalue weighted by atomic mass is 19.4. The lowest BCUT2D eigenvalue weighted by Gasteiger charge is -2.10. The van der Waals surface area contributed by atoms with Gasteiger partial charge in [-0.25, -0.2) is 4.79 Å². The highest BCUT2D eigenvalue weighted by molar-refractivity contribution is 5.93. The van der Waals surface area contributed by atoms with E-state index in [4.69, 9.17) is 0 Å². The van der Waals surface area contributed by atoms with Crippen LogP contribution in [-0.2, 0) is 9.53 Å². The largest absolute Gasteiger partial charge is 0.452 e. The molecule has 0 aromatic heterocycles. The van der Waals surface area contributed by atoms with E-state index in [1.54, 1.807) is 30.3 Å². The molecule has 2 N–H and O–H groups in total. The summed E-state index contributed by atoms with van der Waals surface area (Å²) in [4.78, 5) is 33.7. The van der Waals surface area contributed by atoms with E-state index in [0.29, 0.717) is 5.69 Å². The molecule has 148 valence electrons. The fourth-order valence-corrected chi connectivity index (χ4v) is 2.06. The van der Waals surface area contributed by atoms with Crippen LogP contribution in [0.3, 0.4) is 0 Å². The van der Waals surface area contributed by atoms with Gasteiger partial charge in [0.1, 0.15) is 12.2 Å². The van der Waals surface area contributed by atoms with E-state index < -0.39 is 41.8 Å². The lowest BCUT2D eigenvalue weighted by molar-refractivity contribution is -0.383. The number of carbonyl (C=O) groups excluding carboxylic acids is 2. The number of esters is 1. The Bertz CT molecular complexity index is 872. The minimum atomic E-state index is -4.60. The number of hydrogen-bond acceptors (Lipinski definition) is 6. The van der Waals surface area contributed by atoms with Crippen molar-refractivity contribution in [2.24, 2.45) is 0 Å². The van der Waals surface area contributed by atoms with Gasteiger partial charge in [0.05, 0.1) is 10.5 Å². The Morgan fingerprint density at radius 3 is 2.39 bits per heavy atom. The van der Waals surface area contributed by atoms with Crippen molar-refractivity contribution in [3.05, 3.63) is 64.2 Å². The molecule has 0 atom stereocenters. The highest BCUT2D eigenvalue weighted by Gasteiger charge is 2.28. The highest BCUT2D eigenvalue weighted by Crippen LogP contribution is 2.28. The van der Waals surface area contributed by atoms with Crippen molar-refractivity contribution >= 4 is 28.9 Å². The van der Waals surface area contributed by atoms with Gasteiger partial charge in [0.25, 0.3) is 11.6 Å². The maximum absolute atomic E-state index is 12.0. The summed E-state index contributed by atoms with van der Waals surface area (Å²) < 4.78 is 40.6. The second-order valence-corrected chi connectivity index (χ2v) is 5.45. The van der Waals surface area contributed by atoms with Crippen molar-refractivity contribution in [3.63, 3.8) is 0 Å². The molecule has 2 rings (SSSR count). The summed E-state index contributed by atoms with van der Waals surface area (Å²) >= 11 is 0. The predicted octanol–water partition coefficient (Wildman–Crippen LogP) is 3.17. The molecule has 0 aliphatic heterocycles. The third kappa shape index (κ3) is 6.27. The van der Waals surface area contributed by atoms with Gasteiger partial charge in [-0.3, -0.25) is 14.9 Å². The molecule has 0 saturated heterocycles. The van der Waals surface area contributed by atoms with Gasteiger partial charge in [-0.15, -0.1) is 0 Å². The fourth-order valence-electron chi connectivity index (χ4n) is 2.06. The second kappa shape index (κ2) is 8.84. The first-order valence-electron chi connectivity index (χ1n) is 7.77. The molecule has 11 heteroatoms. The molecule has 0 saturated carbocycles. The Morgan fingerprint density at radius 2 is 1.79 bits per heavy atom. The summed E-state index contributed by atoms with van der Waals surface area (Å²) in [5, 5.41) is 15.6. The summed E-state index contributed by atoms with van der Waals surface area (Å²) in [5.74, 6) is -2.24. The average Bonchev–Trinajstić information content (AvgIpc) is 2.64. The number of halogens is 3. The Morgan fingerprint density at radius 1 is 1.11 bits per heavy atom. The van der Waals surface area contributed by atoms with Crippen LogP contribution in [0.25, 0.3) is 0 Å². The first-order chi connectivity index (χ1) is 13.2. The van der Waals surface area contributed by atoms with Crippen molar-refractivity contribution in [2.45, 2.75) is 6.18 Å². The van der Waals surface area contributed by atoms with Gasteiger partial charge in [-0.05, 0) is 24.3 Å². The maximum atomic E-state index is 12.0. The number of rotatable bonds is 7. The first kappa shape index (κ1) is 20.7. The molecular formula is C17H14F3N3O5. The number of nitro groups is 1. The van der Waals surface area contributed by atoms with Gasteiger partial charge in [-0.1, -0.05) is 18.2 Å². The normalized spacial score (nSPS) is 10.8. The van der Waals surface area contributed by atoms with Crippen molar-refractivity contribution in [1.29, 1.82) is 0 Å². The Labute approximate surface area is 156 Å². The second-order valence-electron chi connectivity index (χ2n) is 5.45. The van der Waals surface area contributed by atoms with E-state index >= 15 is 0 Å². The minimum absolute atomic E-state index is 0.121. The van der Waals surface area contributed by atoms with E-state index in [1.807, 2.05) is 0 Å². The smallest absolute Gasteiger partial charge is 0.405 e. The van der Waals surface area contributed by atoms with Crippen LogP contribution in [0.5, 0.6) is 0 Å². The zero-order chi connectivity index (χ0) is 20.7. The number of para-hydroxylation sites is 1. The van der Waals surface area contributed by atoms with Crippen molar-refractivity contribution in [3.8, 4) is 0 Å². The third-order valence-corrected chi connectivity index (χ3v) is 3.30. The van der Waals surface area contributed by atoms with Crippen LogP contribution in [0.2, 0.25) is 0 Å². The van der Waals surface area contributed by atoms with Gasteiger partial charge < -0.3 is 15.4 Å². The molecule has 0 radical (unpaired) electrons. The number of nitrogens with zero attached hydrogens (tertiary/aromatic N) is 1. The Hall–Kier alpha value is -3.63. The van der Waals surface area contributed by atoms with E-state index in [1.165, 1.54) is 17.4 Å². The molecule has 0 heterocycles. The topological polar surface area (TPSA) is 111 Å². The van der Waals surface area contributed by atoms with Gasteiger partial charge in [0.2, 0.25) is 0 Å². The number of nitro benzene ring substituents is 1. The van der Waals surface area contributed by atoms with Crippen LogP contribution in [0.1, 0.15) is 10.4 Å². The van der Waals surface area contributed by atoms with Gasteiger partial charge in [-0.2, -0.15) is 13.2 Å². The predicted molar refractivity (Wildman–Crippen MR) is 92.2 cm³/mol. The lowest BCUT2D eigenvalue weighted by atomic mass is 10.1.